The molecular formula is C23H23ClN6O3S. The minimum atomic E-state index is -1.16. The minimum Gasteiger partial charge on any atom is -0.389 e. The fraction of sp³-hybridized carbons (Fsp3) is 0.478. The van der Waals surface area contributed by atoms with Crippen molar-refractivity contribution in [3.8, 4) is 11.8 Å². The zero-order chi connectivity index (χ0) is 23.6. The molecule has 3 aromatic rings. The van der Waals surface area contributed by atoms with Crippen LogP contribution in [0.15, 0.2) is 18.5 Å². The minimum absolute atomic E-state index is 0.212. The number of hydrogen-bond acceptors (Lipinski definition) is 8. The first kappa shape index (κ1) is 21.8. The third kappa shape index (κ3) is 3.22. The normalized spacial score (nSPS) is 29.8. The number of carbonyl (C=O) groups is 1. The van der Waals surface area contributed by atoms with E-state index in [-0.39, 0.29) is 11.8 Å². The fourth-order valence-corrected chi connectivity index (χ4v) is 6.22. The van der Waals surface area contributed by atoms with Crippen LogP contribution < -0.4 is 10.6 Å². The predicted molar refractivity (Wildman–Crippen MR) is 128 cm³/mol. The second kappa shape index (κ2) is 7.92. The third-order valence-corrected chi connectivity index (χ3v) is 8.53. The number of aliphatic hydroxyl groups is 2. The van der Waals surface area contributed by atoms with E-state index in [0.717, 1.165) is 17.7 Å². The molecule has 0 bridgehead atoms. The van der Waals surface area contributed by atoms with Gasteiger partial charge in [0.05, 0.1) is 33.1 Å². The summed E-state index contributed by atoms with van der Waals surface area (Å²) in [7, 11) is 1.54. The number of nitrogens with one attached hydrogen (secondary N) is 2. The number of thiophene rings is 1. The van der Waals surface area contributed by atoms with Gasteiger partial charge in [-0.15, -0.1) is 11.3 Å². The van der Waals surface area contributed by atoms with Crippen LogP contribution in [0.5, 0.6) is 0 Å². The molecule has 34 heavy (non-hydrogen) atoms. The van der Waals surface area contributed by atoms with Crippen LogP contribution in [0, 0.1) is 23.2 Å². The quantitative estimate of drug-likeness (QED) is 0.405. The molecule has 11 heteroatoms. The number of imidazole rings is 1. The van der Waals surface area contributed by atoms with Crippen molar-refractivity contribution in [1.82, 2.24) is 24.8 Å². The predicted octanol–water partition coefficient (Wildman–Crippen LogP) is 1.93. The maximum atomic E-state index is 12.5. The molecule has 3 aliphatic carbocycles. The van der Waals surface area contributed by atoms with E-state index >= 15 is 0 Å². The number of hydrogen-bond donors (Lipinski definition) is 4. The number of aromatic nitrogens is 4. The van der Waals surface area contributed by atoms with Gasteiger partial charge in [0, 0.05) is 19.0 Å². The number of amides is 1. The van der Waals surface area contributed by atoms with Crippen LogP contribution in [0.1, 0.15) is 42.4 Å². The molecule has 0 aliphatic heterocycles. The third-order valence-electron chi connectivity index (χ3n) is 7.38. The number of halogens is 1. The molecule has 5 atom stereocenters. The highest BCUT2D eigenvalue weighted by atomic mass is 35.5. The van der Waals surface area contributed by atoms with Crippen molar-refractivity contribution in [2.45, 2.75) is 50.0 Å². The molecule has 0 saturated heterocycles. The van der Waals surface area contributed by atoms with Crippen LogP contribution >= 0.6 is 22.9 Å². The van der Waals surface area contributed by atoms with Crippen molar-refractivity contribution >= 4 is 45.8 Å². The van der Waals surface area contributed by atoms with Crippen LogP contribution in [0.25, 0.3) is 11.2 Å². The Morgan fingerprint density at radius 1 is 1.29 bits per heavy atom. The van der Waals surface area contributed by atoms with Crippen LogP contribution in [-0.2, 0) is 4.79 Å². The van der Waals surface area contributed by atoms with Gasteiger partial charge in [-0.25, -0.2) is 15.0 Å². The molecule has 3 saturated carbocycles. The number of aliphatic hydroxyl groups excluding tert-OH is 2. The first-order valence-electron chi connectivity index (χ1n) is 11.3. The van der Waals surface area contributed by atoms with E-state index in [0.29, 0.717) is 39.6 Å². The highest BCUT2D eigenvalue weighted by molar-refractivity contribution is 7.16. The summed E-state index contributed by atoms with van der Waals surface area (Å²) >= 11 is 7.39. The molecule has 3 aliphatic rings. The largest absolute Gasteiger partial charge is 0.389 e. The van der Waals surface area contributed by atoms with Crippen molar-refractivity contribution in [2.75, 3.05) is 12.4 Å². The lowest BCUT2D eigenvalue weighted by atomic mass is 9.93. The van der Waals surface area contributed by atoms with Gasteiger partial charge in [0.2, 0.25) is 11.7 Å². The molecule has 2 unspecified atom stereocenters. The average Bonchev–Trinajstić information content (AvgIpc) is 3.05. The van der Waals surface area contributed by atoms with Gasteiger partial charge in [-0.1, -0.05) is 11.6 Å². The molecule has 9 nitrogen and oxygen atoms in total. The number of rotatable bonds is 4. The summed E-state index contributed by atoms with van der Waals surface area (Å²) in [5.74, 6) is 6.54. The van der Waals surface area contributed by atoms with Crippen LogP contribution in [0.2, 0.25) is 4.34 Å². The second-order valence-corrected chi connectivity index (χ2v) is 10.9. The molecule has 3 aromatic heterocycles. The lowest BCUT2D eigenvalue weighted by molar-refractivity contribution is -0.132. The van der Waals surface area contributed by atoms with Crippen molar-refractivity contribution in [2.24, 2.45) is 11.3 Å². The van der Waals surface area contributed by atoms with E-state index in [1.165, 1.54) is 17.8 Å². The van der Waals surface area contributed by atoms with E-state index in [9.17, 15) is 15.0 Å². The summed E-state index contributed by atoms with van der Waals surface area (Å²) in [5, 5.41) is 27.8. The summed E-state index contributed by atoms with van der Waals surface area (Å²) in [6.07, 6.45) is 3.13. The van der Waals surface area contributed by atoms with Gasteiger partial charge in [-0.05, 0) is 49.7 Å². The Balaban J connectivity index is 1.43. The van der Waals surface area contributed by atoms with Gasteiger partial charge in [0.15, 0.2) is 17.0 Å². The van der Waals surface area contributed by atoms with E-state index in [2.05, 4.69) is 37.4 Å². The average molecular weight is 499 g/mol. The van der Waals surface area contributed by atoms with Crippen LogP contribution in [-0.4, -0.2) is 60.9 Å². The van der Waals surface area contributed by atoms with E-state index in [4.69, 9.17) is 11.6 Å². The highest BCUT2D eigenvalue weighted by Crippen LogP contribution is 2.67. The Kier molecular flexibility index (Phi) is 5.08. The molecule has 176 valence electrons. The Morgan fingerprint density at radius 3 is 2.79 bits per heavy atom. The molecular weight excluding hydrogens is 476 g/mol. The lowest BCUT2D eigenvalue weighted by Crippen LogP contribution is -2.41. The summed E-state index contributed by atoms with van der Waals surface area (Å²) in [6.45, 7) is 0. The Bertz CT molecular complexity index is 1360. The zero-order valence-corrected chi connectivity index (χ0v) is 19.9. The van der Waals surface area contributed by atoms with Gasteiger partial charge in [0.25, 0.3) is 0 Å². The SMILES string of the molecule is CNC(=O)[C@@]12C[C@@H]1[C@@H](n1cnc3c(NC4CCC4)nc(C#Cc4ccc(Cl)s4)nc31)C(O)C2O. The summed E-state index contributed by atoms with van der Waals surface area (Å²) in [5.41, 5.74) is 0.119. The Labute approximate surface area is 204 Å². The van der Waals surface area contributed by atoms with Gasteiger partial charge in [-0.3, -0.25) is 4.79 Å². The summed E-state index contributed by atoms with van der Waals surface area (Å²) < 4.78 is 2.43. The molecule has 0 aromatic carbocycles. The molecule has 3 fully saturated rings. The van der Waals surface area contributed by atoms with Crippen LogP contribution in [0.3, 0.4) is 0 Å². The smallest absolute Gasteiger partial charge is 0.229 e. The fourth-order valence-electron chi connectivity index (χ4n) is 5.32. The van der Waals surface area contributed by atoms with Crippen molar-refractivity contribution in [3.05, 3.63) is 33.5 Å². The zero-order valence-electron chi connectivity index (χ0n) is 18.3. The Morgan fingerprint density at radius 2 is 2.12 bits per heavy atom. The first-order valence-corrected chi connectivity index (χ1v) is 12.5. The number of carbonyl (C=O) groups excluding carboxylic acids is 1. The van der Waals surface area contributed by atoms with Crippen molar-refractivity contribution in [1.29, 1.82) is 0 Å². The van der Waals surface area contributed by atoms with Gasteiger partial charge in [-0.2, -0.15) is 0 Å². The number of nitrogens with zero attached hydrogens (tertiary/aromatic N) is 4. The summed E-state index contributed by atoms with van der Waals surface area (Å²) in [6, 6.07) is 3.43. The number of fused-ring (bicyclic) bond motifs is 2. The van der Waals surface area contributed by atoms with Gasteiger partial charge >= 0.3 is 0 Å². The van der Waals surface area contributed by atoms with E-state index in [1.807, 2.05) is 6.07 Å². The van der Waals surface area contributed by atoms with E-state index < -0.39 is 23.7 Å². The molecule has 6 rings (SSSR count). The number of anilines is 1. The maximum absolute atomic E-state index is 12.5. The lowest BCUT2D eigenvalue weighted by Gasteiger charge is -2.27. The van der Waals surface area contributed by atoms with Gasteiger partial charge < -0.3 is 25.4 Å². The monoisotopic (exact) mass is 498 g/mol. The highest BCUT2D eigenvalue weighted by Gasteiger charge is 2.75. The molecule has 4 N–H and O–H groups in total. The molecule has 0 radical (unpaired) electrons. The van der Waals surface area contributed by atoms with Crippen molar-refractivity contribution < 1.29 is 15.0 Å². The van der Waals surface area contributed by atoms with Crippen molar-refractivity contribution in [3.63, 3.8) is 0 Å². The second-order valence-electron chi connectivity index (χ2n) is 9.20. The maximum Gasteiger partial charge on any atom is 0.229 e. The molecule has 1 amide bonds. The molecule has 3 heterocycles. The molecule has 0 spiro atoms. The Hall–Kier alpha value is -2.71. The topological polar surface area (TPSA) is 125 Å². The summed E-state index contributed by atoms with van der Waals surface area (Å²) in [4.78, 5) is 27.2. The van der Waals surface area contributed by atoms with Gasteiger partial charge in [0.1, 0.15) is 6.10 Å². The van der Waals surface area contributed by atoms with Crippen LogP contribution in [0.4, 0.5) is 5.82 Å². The van der Waals surface area contributed by atoms with E-state index in [1.54, 1.807) is 24.0 Å². The first-order chi connectivity index (χ1) is 16.4. The standard InChI is InChI=1S/C23H23ClN6O3S/c1-25-22(33)23-9-13(23)17(18(31)19(23)32)30-10-26-16-20(27-11-3-2-4-11)28-15(29-21(16)30)8-6-12-5-7-14(24)34-12/h5,7,10-11,13,17-19,31-32H,2-4,9H2,1H3,(H,25,33)(H,27,28,29)/t13-,17-,18?,19?,23+/m1/s1.